The Hall–Kier alpha value is -3.95. The molecule has 2 aromatic carbocycles. The zero-order valence-electron chi connectivity index (χ0n) is 21.9. The van der Waals surface area contributed by atoms with Gasteiger partial charge >= 0.3 is 6.18 Å². The Kier molecular flexibility index (Phi) is 8.83. The molecule has 1 fully saturated rings. The summed E-state index contributed by atoms with van der Waals surface area (Å²) >= 11 is 0. The van der Waals surface area contributed by atoms with Gasteiger partial charge in [-0.2, -0.15) is 13.2 Å². The lowest BCUT2D eigenvalue weighted by Crippen LogP contribution is -2.51. The van der Waals surface area contributed by atoms with Crippen molar-refractivity contribution in [2.45, 2.75) is 51.2 Å². The number of furan rings is 1. The van der Waals surface area contributed by atoms with Gasteiger partial charge in [0, 0.05) is 12.1 Å². The van der Waals surface area contributed by atoms with Gasteiger partial charge in [-0.1, -0.05) is 37.8 Å². The quantitative estimate of drug-likeness (QED) is 0.284. The summed E-state index contributed by atoms with van der Waals surface area (Å²) in [5.74, 6) is 0.128. The summed E-state index contributed by atoms with van der Waals surface area (Å²) in [7, 11) is 1.57. The van der Waals surface area contributed by atoms with E-state index < -0.39 is 23.7 Å². The number of rotatable bonds is 10. The number of hydrazine groups is 1. The summed E-state index contributed by atoms with van der Waals surface area (Å²) in [5, 5.41) is 4.27. The maximum Gasteiger partial charge on any atom is 0.416 e. The van der Waals surface area contributed by atoms with Crippen molar-refractivity contribution < 1.29 is 31.9 Å². The number of carbonyl (C=O) groups excluding carboxylic acids is 2. The fourth-order valence-corrected chi connectivity index (χ4v) is 4.79. The highest BCUT2D eigenvalue weighted by atomic mass is 19.4. The molecule has 0 saturated heterocycles. The van der Waals surface area contributed by atoms with Gasteiger partial charge in [0.15, 0.2) is 5.76 Å². The highest BCUT2D eigenvalue weighted by molar-refractivity contribution is 5.96. The second-order valence-electron chi connectivity index (χ2n) is 9.58. The molecule has 1 aromatic heterocycles. The van der Waals surface area contributed by atoms with Crippen molar-refractivity contribution in [3.8, 4) is 17.1 Å². The number of methoxy groups -OCH3 is 1. The first kappa shape index (κ1) is 28.1. The Morgan fingerprint density at radius 3 is 2.44 bits per heavy atom. The number of amides is 2. The third-order valence-corrected chi connectivity index (χ3v) is 6.89. The number of alkyl halides is 3. The van der Waals surface area contributed by atoms with Crippen LogP contribution in [-0.2, 0) is 11.0 Å². The third kappa shape index (κ3) is 7.13. The zero-order valence-corrected chi connectivity index (χ0v) is 21.9. The Morgan fingerprint density at radius 1 is 1.08 bits per heavy atom. The van der Waals surface area contributed by atoms with Gasteiger partial charge in [-0.3, -0.25) is 20.0 Å². The SMILES string of the molecule is CCN(Nc1ccc(OC)cc1)C(=O)C(CC1CCCC1)NC(=O)c1ccc(-c2cccc(C(F)(F)F)c2)o1. The molecule has 1 saturated carbocycles. The van der Waals surface area contributed by atoms with E-state index >= 15 is 0 Å². The predicted molar refractivity (Wildman–Crippen MR) is 141 cm³/mol. The topological polar surface area (TPSA) is 83.8 Å². The Balaban J connectivity index is 1.50. The summed E-state index contributed by atoms with van der Waals surface area (Å²) in [6, 6.07) is 13.9. The average molecular weight is 544 g/mol. The number of ether oxygens (including phenoxy) is 1. The maximum absolute atomic E-state index is 13.6. The van der Waals surface area contributed by atoms with Crippen LogP contribution < -0.4 is 15.5 Å². The van der Waals surface area contributed by atoms with Crippen molar-refractivity contribution >= 4 is 17.5 Å². The van der Waals surface area contributed by atoms with Crippen LogP contribution in [0.15, 0.2) is 65.1 Å². The van der Waals surface area contributed by atoms with Gasteiger partial charge in [0.2, 0.25) is 0 Å². The number of hydrogen-bond acceptors (Lipinski definition) is 5. The van der Waals surface area contributed by atoms with E-state index in [4.69, 9.17) is 9.15 Å². The highest BCUT2D eigenvalue weighted by Gasteiger charge is 2.32. The first-order valence-electron chi connectivity index (χ1n) is 13.0. The second-order valence-corrected chi connectivity index (χ2v) is 9.58. The fraction of sp³-hybridized carbons (Fsp3) is 0.379. The number of anilines is 1. The normalized spacial score (nSPS) is 14.6. The fourth-order valence-electron chi connectivity index (χ4n) is 4.79. The van der Waals surface area contributed by atoms with E-state index in [1.807, 2.05) is 6.92 Å². The van der Waals surface area contributed by atoms with Crippen molar-refractivity contribution in [2.24, 2.45) is 5.92 Å². The lowest BCUT2D eigenvalue weighted by Gasteiger charge is -2.29. The van der Waals surface area contributed by atoms with Crippen LogP contribution in [0.5, 0.6) is 5.75 Å². The summed E-state index contributed by atoms with van der Waals surface area (Å²) in [6.07, 6.45) is 0.115. The number of halogens is 3. The molecule has 4 rings (SSSR count). The van der Waals surface area contributed by atoms with Crippen LogP contribution in [0.1, 0.15) is 55.1 Å². The molecule has 1 aliphatic rings. The number of nitrogens with one attached hydrogen (secondary N) is 2. The third-order valence-electron chi connectivity index (χ3n) is 6.89. The highest BCUT2D eigenvalue weighted by Crippen LogP contribution is 2.33. The molecule has 1 unspecified atom stereocenters. The molecule has 1 atom stereocenters. The molecule has 0 radical (unpaired) electrons. The van der Waals surface area contributed by atoms with Crippen LogP contribution in [0.25, 0.3) is 11.3 Å². The molecule has 1 aliphatic carbocycles. The molecule has 2 N–H and O–H groups in total. The van der Waals surface area contributed by atoms with Crippen molar-refractivity contribution in [2.75, 3.05) is 19.1 Å². The minimum Gasteiger partial charge on any atom is -0.497 e. The van der Waals surface area contributed by atoms with Crippen LogP contribution in [0.3, 0.4) is 0 Å². The molecular weight excluding hydrogens is 511 g/mol. The van der Waals surface area contributed by atoms with Gasteiger partial charge in [-0.15, -0.1) is 0 Å². The van der Waals surface area contributed by atoms with E-state index in [2.05, 4.69) is 10.7 Å². The molecular formula is C29H32F3N3O4. The van der Waals surface area contributed by atoms with Crippen molar-refractivity contribution in [3.63, 3.8) is 0 Å². The van der Waals surface area contributed by atoms with Gasteiger partial charge in [0.05, 0.1) is 18.4 Å². The summed E-state index contributed by atoms with van der Waals surface area (Å²) in [5.41, 5.74) is 3.18. The van der Waals surface area contributed by atoms with Gasteiger partial charge in [0.25, 0.3) is 11.8 Å². The number of likely N-dealkylation sites (N-methyl/N-ethyl adjacent to an activating group) is 1. The minimum atomic E-state index is -4.50. The summed E-state index contributed by atoms with van der Waals surface area (Å²) in [6.45, 7) is 2.18. The number of benzene rings is 2. The van der Waals surface area contributed by atoms with Gasteiger partial charge in [-0.25, -0.2) is 0 Å². The smallest absolute Gasteiger partial charge is 0.416 e. The average Bonchev–Trinajstić information content (AvgIpc) is 3.64. The Morgan fingerprint density at radius 2 is 1.79 bits per heavy atom. The molecule has 39 heavy (non-hydrogen) atoms. The molecule has 208 valence electrons. The molecule has 0 aliphatic heterocycles. The molecule has 0 bridgehead atoms. The lowest BCUT2D eigenvalue weighted by molar-refractivity contribution is -0.137. The molecule has 3 aromatic rings. The van der Waals surface area contributed by atoms with E-state index in [0.29, 0.717) is 30.3 Å². The van der Waals surface area contributed by atoms with Crippen molar-refractivity contribution in [3.05, 3.63) is 72.0 Å². The lowest BCUT2D eigenvalue weighted by atomic mass is 9.97. The van der Waals surface area contributed by atoms with Crippen LogP contribution >= 0.6 is 0 Å². The Bertz CT molecular complexity index is 1270. The first-order valence-corrected chi connectivity index (χ1v) is 13.0. The molecule has 1 heterocycles. The van der Waals surface area contributed by atoms with Gasteiger partial charge in [-0.05, 0) is 67.8 Å². The molecule has 0 spiro atoms. The predicted octanol–water partition coefficient (Wildman–Crippen LogP) is 6.53. The number of nitrogens with zero attached hydrogens (tertiary/aromatic N) is 1. The van der Waals surface area contributed by atoms with Gasteiger partial charge < -0.3 is 14.5 Å². The van der Waals surface area contributed by atoms with Crippen LogP contribution in [-0.4, -0.2) is 36.5 Å². The van der Waals surface area contributed by atoms with Crippen LogP contribution in [0.2, 0.25) is 0 Å². The monoisotopic (exact) mass is 543 g/mol. The molecule has 10 heteroatoms. The van der Waals surface area contributed by atoms with E-state index in [1.54, 1.807) is 31.4 Å². The first-order chi connectivity index (χ1) is 18.7. The standard InChI is InChI=1S/C29H32F3N3O4/c1-3-35(34-22-11-13-23(38-2)14-12-22)28(37)24(17-19-7-4-5-8-19)33-27(36)26-16-15-25(39-26)20-9-6-10-21(18-20)29(30,31)32/h6,9-16,18-19,24,34H,3-5,7-8,17H2,1-2H3,(H,33,36). The van der Waals surface area contributed by atoms with Crippen molar-refractivity contribution in [1.82, 2.24) is 10.3 Å². The Labute approximate surface area is 225 Å². The van der Waals surface area contributed by atoms with Crippen LogP contribution in [0.4, 0.5) is 18.9 Å². The summed E-state index contributed by atoms with van der Waals surface area (Å²) in [4.78, 5) is 26.8. The van der Waals surface area contributed by atoms with E-state index in [9.17, 15) is 22.8 Å². The molecule has 2 amide bonds. The zero-order chi connectivity index (χ0) is 28.0. The maximum atomic E-state index is 13.6. The number of hydrogen-bond donors (Lipinski definition) is 2. The summed E-state index contributed by atoms with van der Waals surface area (Å²) < 4.78 is 50.2. The van der Waals surface area contributed by atoms with Gasteiger partial charge in [0.1, 0.15) is 17.6 Å². The molecule has 7 nitrogen and oxygen atoms in total. The second kappa shape index (κ2) is 12.3. The van der Waals surface area contributed by atoms with Crippen LogP contribution in [0, 0.1) is 5.92 Å². The minimum absolute atomic E-state index is 0.0854. The van der Waals surface area contributed by atoms with Crippen molar-refractivity contribution in [1.29, 1.82) is 0 Å². The van der Waals surface area contributed by atoms with E-state index in [1.165, 1.54) is 29.3 Å². The number of carbonyl (C=O) groups is 2. The largest absolute Gasteiger partial charge is 0.497 e. The van der Waals surface area contributed by atoms with E-state index in [-0.39, 0.29) is 23.0 Å². The van der Waals surface area contributed by atoms with E-state index in [0.717, 1.165) is 37.8 Å².